The first kappa shape index (κ1) is 11.7. The lowest BCUT2D eigenvalue weighted by atomic mass is 9.98. The SMILES string of the molecule is CC(C)CCc1cc[c]cc1CNC1CC1. The molecule has 1 heteroatoms. The largest absolute Gasteiger partial charge is 0.310 e. The Morgan fingerprint density at radius 3 is 2.88 bits per heavy atom. The molecule has 1 aromatic carbocycles. The lowest BCUT2D eigenvalue weighted by molar-refractivity contribution is 0.582. The fourth-order valence-corrected chi connectivity index (χ4v) is 1.89. The fourth-order valence-electron chi connectivity index (χ4n) is 1.89. The van der Waals surface area contributed by atoms with Crippen LogP contribution in [-0.4, -0.2) is 6.04 Å². The van der Waals surface area contributed by atoms with Crippen LogP contribution >= 0.6 is 0 Å². The molecule has 1 radical (unpaired) electrons. The summed E-state index contributed by atoms with van der Waals surface area (Å²) in [5.74, 6) is 0.786. The van der Waals surface area contributed by atoms with E-state index >= 15 is 0 Å². The van der Waals surface area contributed by atoms with Crippen LogP contribution in [-0.2, 0) is 13.0 Å². The minimum atomic E-state index is 0.786. The van der Waals surface area contributed by atoms with Gasteiger partial charge in [-0.15, -0.1) is 0 Å². The summed E-state index contributed by atoms with van der Waals surface area (Å²) < 4.78 is 0. The molecule has 0 aliphatic heterocycles. The van der Waals surface area contributed by atoms with Crippen molar-refractivity contribution in [2.45, 2.75) is 52.1 Å². The maximum atomic E-state index is 3.58. The van der Waals surface area contributed by atoms with Crippen LogP contribution in [0.5, 0.6) is 0 Å². The van der Waals surface area contributed by atoms with Crippen molar-refractivity contribution in [3.05, 3.63) is 35.4 Å². The molecule has 0 spiro atoms. The summed E-state index contributed by atoms with van der Waals surface area (Å²) >= 11 is 0. The fraction of sp³-hybridized carbons (Fsp3) is 0.600. The third kappa shape index (κ3) is 3.64. The Hall–Kier alpha value is -0.820. The normalized spacial score (nSPS) is 15.7. The molecule has 1 nitrogen and oxygen atoms in total. The van der Waals surface area contributed by atoms with E-state index < -0.39 is 0 Å². The molecule has 1 aliphatic rings. The van der Waals surface area contributed by atoms with Gasteiger partial charge in [-0.05, 0) is 54.9 Å². The van der Waals surface area contributed by atoms with Gasteiger partial charge in [0.25, 0.3) is 0 Å². The van der Waals surface area contributed by atoms with Crippen LogP contribution in [0.3, 0.4) is 0 Å². The number of aryl methyl sites for hydroxylation is 1. The standard InChI is InChI=1S/C15H22N/c1-12(2)7-8-13-5-3-4-6-14(13)11-16-15-9-10-15/h3,5-6,12,15-16H,7-11H2,1-2H3. The van der Waals surface area contributed by atoms with Crippen molar-refractivity contribution < 1.29 is 0 Å². The monoisotopic (exact) mass is 216 g/mol. The van der Waals surface area contributed by atoms with Crippen molar-refractivity contribution in [1.82, 2.24) is 5.32 Å². The van der Waals surface area contributed by atoms with Gasteiger partial charge in [-0.2, -0.15) is 0 Å². The van der Waals surface area contributed by atoms with Crippen LogP contribution in [0.4, 0.5) is 0 Å². The number of benzene rings is 1. The summed E-state index contributed by atoms with van der Waals surface area (Å²) in [4.78, 5) is 0. The Morgan fingerprint density at radius 1 is 1.38 bits per heavy atom. The lowest BCUT2D eigenvalue weighted by Gasteiger charge is -2.11. The van der Waals surface area contributed by atoms with Gasteiger partial charge in [0.05, 0.1) is 0 Å². The Bertz CT molecular complexity index is 301. The van der Waals surface area contributed by atoms with Crippen molar-refractivity contribution in [2.24, 2.45) is 5.92 Å². The van der Waals surface area contributed by atoms with Crippen LogP contribution in [0.1, 0.15) is 44.2 Å². The van der Waals surface area contributed by atoms with Gasteiger partial charge in [-0.3, -0.25) is 0 Å². The molecule has 0 saturated heterocycles. The minimum absolute atomic E-state index is 0.786. The second kappa shape index (κ2) is 5.49. The van der Waals surface area contributed by atoms with E-state index in [1.165, 1.54) is 36.8 Å². The van der Waals surface area contributed by atoms with Crippen LogP contribution in [0.15, 0.2) is 18.2 Å². The minimum Gasteiger partial charge on any atom is -0.310 e. The molecule has 0 unspecified atom stereocenters. The van der Waals surface area contributed by atoms with E-state index in [0.29, 0.717) is 0 Å². The quantitative estimate of drug-likeness (QED) is 0.769. The van der Waals surface area contributed by atoms with Crippen molar-refractivity contribution in [3.63, 3.8) is 0 Å². The van der Waals surface area contributed by atoms with Crippen LogP contribution in [0.25, 0.3) is 0 Å². The first-order chi connectivity index (χ1) is 7.75. The van der Waals surface area contributed by atoms with Crippen molar-refractivity contribution in [2.75, 3.05) is 0 Å². The second-order valence-electron chi connectivity index (χ2n) is 5.28. The average molecular weight is 216 g/mol. The molecular weight excluding hydrogens is 194 g/mol. The predicted octanol–water partition coefficient (Wildman–Crippen LogP) is 3.33. The molecule has 1 aliphatic carbocycles. The van der Waals surface area contributed by atoms with Crippen molar-refractivity contribution in [1.29, 1.82) is 0 Å². The highest BCUT2D eigenvalue weighted by atomic mass is 14.9. The van der Waals surface area contributed by atoms with Gasteiger partial charge >= 0.3 is 0 Å². The third-order valence-corrected chi connectivity index (χ3v) is 3.20. The summed E-state index contributed by atoms with van der Waals surface area (Å²) in [5, 5.41) is 3.58. The van der Waals surface area contributed by atoms with Gasteiger partial charge in [0.15, 0.2) is 0 Å². The number of rotatable bonds is 6. The van der Waals surface area contributed by atoms with E-state index in [0.717, 1.165) is 18.5 Å². The molecule has 0 heterocycles. The summed E-state index contributed by atoms with van der Waals surface area (Å²) in [6, 6.07) is 10.4. The van der Waals surface area contributed by atoms with E-state index in [1.54, 1.807) is 0 Å². The molecule has 1 saturated carbocycles. The van der Waals surface area contributed by atoms with E-state index in [9.17, 15) is 0 Å². The van der Waals surface area contributed by atoms with Gasteiger partial charge < -0.3 is 5.32 Å². The smallest absolute Gasteiger partial charge is 0.0211 e. The molecule has 87 valence electrons. The Kier molecular flexibility index (Phi) is 4.00. The summed E-state index contributed by atoms with van der Waals surface area (Å²) in [6.45, 7) is 5.60. The molecule has 1 aromatic rings. The Labute approximate surface area is 99.3 Å². The molecule has 1 fully saturated rings. The molecule has 1 N–H and O–H groups in total. The highest BCUT2D eigenvalue weighted by molar-refractivity contribution is 5.26. The van der Waals surface area contributed by atoms with E-state index in [1.807, 2.05) is 6.07 Å². The molecule has 16 heavy (non-hydrogen) atoms. The summed E-state index contributed by atoms with van der Waals surface area (Å²) in [6.07, 6.45) is 5.20. The molecule has 0 bridgehead atoms. The molecule has 2 rings (SSSR count). The Morgan fingerprint density at radius 2 is 2.19 bits per heavy atom. The van der Waals surface area contributed by atoms with Crippen LogP contribution in [0, 0.1) is 12.0 Å². The highest BCUT2D eigenvalue weighted by Gasteiger charge is 2.20. The van der Waals surface area contributed by atoms with Gasteiger partial charge in [-0.1, -0.05) is 26.0 Å². The van der Waals surface area contributed by atoms with E-state index in [4.69, 9.17) is 0 Å². The van der Waals surface area contributed by atoms with Crippen LogP contribution < -0.4 is 5.32 Å². The molecular formula is C15H22N. The third-order valence-electron chi connectivity index (χ3n) is 3.20. The van der Waals surface area contributed by atoms with Gasteiger partial charge in [0, 0.05) is 12.6 Å². The topological polar surface area (TPSA) is 12.0 Å². The first-order valence-electron chi connectivity index (χ1n) is 6.47. The first-order valence-corrected chi connectivity index (χ1v) is 6.47. The highest BCUT2D eigenvalue weighted by Crippen LogP contribution is 2.20. The zero-order valence-electron chi connectivity index (χ0n) is 10.4. The second-order valence-corrected chi connectivity index (χ2v) is 5.28. The molecule has 0 atom stereocenters. The molecule has 0 aromatic heterocycles. The lowest BCUT2D eigenvalue weighted by Crippen LogP contribution is -2.16. The zero-order valence-corrected chi connectivity index (χ0v) is 10.4. The van der Waals surface area contributed by atoms with Crippen LogP contribution in [0.2, 0.25) is 0 Å². The summed E-state index contributed by atoms with van der Waals surface area (Å²) in [5.41, 5.74) is 2.94. The van der Waals surface area contributed by atoms with Gasteiger partial charge in [0.1, 0.15) is 0 Å². The zero-order chi connectivity index (χ0) is 11.4. The molecule has 0 amide bonds. The maximum absolute atomic E-state index is 3.58. The number of hydrogen-bond acceptors (Lipinski definition) is 1. The average Bonchev–Trinajstić information content (AvgIpc) is 3.08. The summed E-state index contributed by atoms with van der Waals surface area (Å²) in [7, 11) is 0. The van der Waals surface area contributed by atoms with E-state index in [2.05, 4.69) is 37.4 Å². The number of hydrogen-bond donors (Lipinski definition) is 1. The maximum Gasteiger partial charge on any atom is 0.0211 e. The Balaban J connectivity index is 1.92. The van der Waals surface area contributed by atoms with Crippen molar-refractivity contribution in [3.8, 4) is 0 Å². The van der Waals surface area contributed by atoms with Gasteiger partial charge in [0.2, 0.25) is 0 Å². The number of nitrogens with one attached hydrogen (secondary N) is 1. The predicted molar refractivity (Wildman–Crippen MR) is 68.3 cm³/mol. The van der Waals surface area contributed by atoms with Gasteiger partial charge in [-0.25, -0.2) is 0 Å². The van der Waals surface area contributed by atoms with Crippen molar-refractivity contribution >= 4 is 0 Å². The van der Waals surface area contributed by atoms with E-state index in [-0.39, 0.29) is 0 Å².